The first-order valence-electron chi connectivity index (χ1n) is 4.57. The van der Waals surface area contributed by atoms with Gasteiger partial charge in [-0.1, -0.05) is 0 Å². The molecule has 4 heteroatoms. The molecular formula is C9H13NO3. The highest BCUT2D eigenvalue weighted by atomic mass is 16.3. The van der Waals surface area contributed by atoms with Crippen LogP contribution in [0.15, 0.2) is 0 Å². The Balaban J connectivity index is 2.16. The Morgan fingerprint density at radius 2 is 2.08 bits per heavy atom. The zero-order chi connectivity index (χ0) is 9.64. The van der Waals surface area contributed by atoms with E-state index in [1.807, 2.05) is 4.90 Å². The van der Waals surface area contributed by atoms with Crippen LogP contribution in [-0.2, 0) is 9.59 Å². The van der Waals surface area contributed by atoms with Gasteiger partial charge in [-0.05, 0) is 13.3 Å². The zero-order valence-corrected chi connectivity index (χ0v) is 7.62. The molecule has 0 radical (unpaired) electrons. The van der Waals surface area contributed by atoms with Gasteiger partial charge in [0.25, 0.3) is 0 Å². The highest BCUT2D eigenvalue weighted by Crippen LogP contribution is 2.29. The van der Waals surface area contributed by atoms with Crippen molar-refractivity contribution in [3.8, 4) is 0 Å². The lowest BCUT2D eigenvalue weighted by atomic mass is 10.0. The first-order chi connectivity index (χ1) is 6.02. The molecule has 2 fully saturated rings. The van der Waals surface area contributed by atoms with Gasteiger partial charge in [0.05, 0.1) is 6.04 Å². The Kier molecular flexibility index (Phi) is 1.78. The summed E-state index contributed by atoms with van der Waals surface area (Å²) in [6.07, 6.45) is 1.35. The monoisotopic (exact) mass is 183 g/mol. The highest BCUT2D eigenvalue weighted by Gasteiger charge is 2.51. The summed E-state index contributed by atoms with van der Waals surface area (Å²) in [6.45, 7) is 3.17. The predicted octanol–water partition coefficient (Wildman–Crippen LogP) is -0.646. The van der Waals surface area contributed by atoms with Crippen molar-refractivity contribution in [3.63, 3.8) is 0 Å². The fourth-order valence-electron chi connectivity index (χ4n) is 1.93. The van der Waals surface area contributed by atoms with Crippen LogP contribution in [0.3, 0.4) is 0 Å². The number of hydrogen-bond donors (Lipinski definition) is 1. The quantitative estimate of drug-likeness (QED) is 0.549. The van der Waals surface area contributed by atoms with Gasteiger partial charge >= 0.3 is 0 Å². The van der Waals surface area contributed by atoms with E-state index in [9.17, 15) is 14.7 Å². The SMILES string of the molecule is CC1(O)CC(N2CCC2)C(=O)C1=O. The van der Waals surface area contributed by atoms with Crippen LogP contribution >= 0.6 is 0 Å². The van der Waals surface area contributed by atoms with Gasteiger partial charge in [-0.2, -0.15) is 0 Å². The molecule has 1 aliphatic carbocycles. The first kappa shape index (κ1) is 8.84. The number of Topliss-reactive ketones (excluding diaryl/α,β-unsaturated/α-hetero) is 2. The Morgan fingerprint density at radius 1 is 1.46 bits per heavy atom. The summed E-state index contributed by atoms with van der Waals surface area (Å²) in [6, 6.07) is -0.351. The third-order valence-electron chi connectivity index (χ3n) is 2.94. The molecule has 0 aromatic heterocycles. The Morgan fingerprint density at radius 3 is 2.38 bits per heavy atom. The van der Waals surface area contributed by atoms with Gasteiger partial charge < -0.3 is 5.11 Å². The lowest BCUT2D eigenvalue weighted by Gasteiger charge is -2.35. The van der Waals surface area contributed by atoms with Gasteiger partial charge in [-0.15, -0.1) is 0 Å². The number of carbonyl (C=O) groups excluding carboxylic acids is 2. The van der Waals surface area contributed by atoms with Crippen molar-refractivity contribution in [2.24, 2.45) is 0 Å². The van der Waals surface area contributed by atoms with Gasteiger partial charge in [0.1, 0.15) is 5.60 Å². The molecule has 1 saturated heterocycles. The van der Waals surface area contributed by atoms with Gasteiger partial charge in [0, 0.05) is 19.5 Å². The maximum Gasteiger partial charge on any atom is 0.231 e. The van der Waals surface area contributed by atoms with E-state index >= 15 is 0 Å². The van der Waals surface area contributed by atoms with Crippen LogP contribution in [0.2, 0.25) is 0 Å². The molecule has 72 valence electrons. The van der Waals surface area contributed by atoms with Crippen LogP contribution in [0, 0.1) is 0 Å². The van der Waals surface area contributed by atoms with Crippen LogP contribution in [0.5, 0.6) is 0 Å². The molecule has 0 aromatic rings. The van der Waals surface area contributed by atoms with Crippen molar-refractivity contribution in [2.45, 2.75) is 31.4 Å². The van der Waals surface area contributed by atoms with E-state index < -0.39 is 17.2 Å². The molecule has 0 spiro atoms. The molecule has 0 amide bonds. The normalized spacial score (nSPS) is 40.9. The van der Waals surface area contributed by atoms with Crippen molar-refractivity contribution in [1.29, 1.82) is 0 Å². The zero-order valence-electron chi connectivity index (χ0n) is 7.62. The molecule has 2 unspecified atom stereocenters. The second-order valence-corrected chi connectivity index (χ2v) is 4.08. The summed E-state index contributed by atoms with van der Waals surface area (Å²) in [5.74, 6) is -1.03. The molecule has 13 heavy (non-hydrogen) atoms. The molecule has 2 aliphatic rings. The van der Waals surface area contributed by atoms with Crippen LogP contribution in [0.1, 0.15) is 19.8 Å². The Labute approximate surface area is 76.5 Å². The van der Waals surface area contributed by atoms with Gasteiger partial charge in [-0.3, -0.25) is 14.5 Å². The van der Waals surface area contributed by atoms with Crippen LogP contribution in [0.4, 0.5) is 0 Å². The average molecular weight is 183 g/mol. The average Bonchev–Trinajstić information content (AvgIpc) is 2.11. The van der Waals surface area contributed by atoms with E-state index in [2.05, 4.69) is 0 Å². The van der Waals surface area contributed by atoms with Gasteiger partial charge in [-0.25, -0.2) is 0 Å². The molecule has 1 N–H and O–H groups in total. The molecule has 0 bridgehead atoms. The number of ketones is 2. The summed E-state index contributed by atoms with van der Waals surface area (Å²) in [7, 11) is 0. The van der Waals surface area contributed by atoms with E-state index in [4.69, 9.17) is 0 Å². The lowest BCUT2D eigenvalue weighted by Crippen LogP contribution is -2.47. The summed E-state index contributed by atoms with van der Waals surface area (Å²) in [5.41, 5.74) is -1.42. The van der Waals surface area contributed by atoms with Crippen LogP contribution in [-0.4, -0.2) is 46.3 Å². The molecule has 2 rings (SSSR count). The van der Waals surface area contributed by atoms with Crippen LogP contribution in [0.25, 0.3) is 0 Å². The molecular weight excluding hydrogens is 170 g/mol. The number of nitrogens with zero attached hydrogens (tertiary/aromatic N) is 1. The second kappa shape index (κ2) is 2.62. The largest absolute Gasteiger partial charge is 0.382 e. The summed E-state index contributed by atoms with van der Waals surface area (Å²) in [5, 5.41) is 9.58. The highest BCUT2D eigenvalue weighted by molar-refractivity contribution is 6.44. The number of hydrogen-bond acceptors (Lipinski definition) is 4. The smallest absolute Gasteiger partial charge is 0.231 e. The molecule has 1 aliphatic heterocycles. The third kappa shape index (κ3) is 1.21. The minimum absolute atomic E-state index is 0.269. The van der Waals surface area contributed by atoms with E-state index in [-0.39, 0.29) is 12.5 Å². The second-order valence-electron chi connectivity index (χ2n) is 4.08. The molecule has 4 nitrogen and oxygen atoms in total. The molecule has 1 heterocycles. The summed E-state index contributed by atoms with van der Waals surface area (Å²) >= 11 is 0. The van der Waals surface area contributed by atoms with Crippen molar-refractivity contribution in [3.05, 3.63) is 0 Å². The van der Waals surface area contributed by atoms with E-state index in [0.29, 0.717) is 0 Å². The predicted molar refractivity (Wildman–Crippen MR) is 45.2 cm³/mol. The van der Waals surface area contributed by atoms with Crippen molar-refractivity contribution >= 4 is 11.6 Å². The topological polar surface area (TPSA) is 57.6 Å². The Hall–Kier alpha value is -0.740. The number of carbonyl (C=O) groups is 2. The number of aliphatic hydroxyl groups is 1. The Bertz CT molecular complexity index is 268. The van der Waals surface area contributed by atoms with Crippen LogP contribution < -0.4 is 0 Å². The molecule has 2 atom stereocenters. The minimum Gasteiger partial charge on any atom is -0.382 e. The standard InChI is InChI=1S/C9H13NO3/c1-9(13)5-6(7(11)8(9)12)10-3-2-4-10/h6,13H,2-5H2,1H3. The fraction of sp³-hybridized carbons (Fsp3) is 0.778. The molecule has 0 aromatic carbocycles. The third-order valence-corrected chi connectivity index (χ3v) is 2.94. The van der Waals surface area contributed by atoms with E-state index in [1.54, 1.807) is 0 Å². The summed E-state index contributed by atoms with van der Waals surface area (Å²) in [4.78, 5) is 24.6. The first-order valence-corrected chi connectivity index (χ1v) is 4.57. The van der Waals surface area contributed by atoms with E-state index in [0.717, 1.165) is 19.5 Å². The maximum atomic E-state index is 11.4. The minimum atomic E-state index is -1.42. The van der Waals surface area contributed by atoms with E-state index in [1.165, 1.54) is 6.92 Å². The van der Waals surface area contributed by atoms with Gasteiger partial charge in [0.2, 0.25) is 11.6 Å². The lowest BCUT2D eigenvalue weighted by molar-refractivity contribution is -0.142. The number of rotatable bonds is 1. The number of likely N-dealkylation sites (tertiary alicyclic amines) is 1. The van der Waals surface area contributed by atoms with Crippen molar-refractivity contribution < 1.29 is 14.7 Å². The fourth-order valence-corrected chi connectivity index (χ4v) is 1.93. The van der Waals surface area contributed by atoms with Crippen molar-refractivity contribution in [1.82, 2.24) is 4.90 Å². The summed E-state index contributed by atoms with van der Waals surface area (Å²) < 4.78 is 0. The van der Waals surface area contributed by atoms with Crippen molar-refractivity contribution in [2.75, 3.05) is 13.1 Å². The van der Waals surface area contributed by atoms with Gasteiger partial charge in [0.15, 0.2) is 0 Å². The maximum absolute atomic E-state index is 11.4. The molecule has 1 saturated carbocycles.